The van der Waals surface area contributed by atoms with E-state index in [1.807, 2.05) is 0 Å². The van der Waals surface area contributed by atoms with Crippen molar-refractivity contribution in [2.75, 3.05) is 13.2 Å². The van der Waals surface area contributed by atoms with Gasteiger partial charge in [0.25, 0.3) is 0 Å². The molecule has 9 atom stereocenters. The van der Waals surface area contributed by atoms with Gasteiger partial charge in [-0.05, 0) is 35.9 Å². The Hall–Kier alpha value is -2.51. The van der Waals surface area contributed by atoms with E-state index in [-0.39, 0.29) is 17.9 Å². The minimum absolute atomic E-state index is 0.00957. The number of esters is 1. The second-order valence-corrected chi connectivity index (χ2v) is 8.12. The number of aromatic hydroxyl groups is 1. The van der Waals surface area contributed by atoms with Gasteiger partial charge in [0.2, 0.25) is 6.29 Å². The summed E-state index contributed by atoms with van der Waals surface area (Å²) in [5.41, 5.74) is 0.746. The lowest BCUT2D eigenvalue weighted by molar-refractivity contribution is -0.339. The van der Waals surface area contributed by atoms with Gasteiger partial charge in [-0.1, -0.05) is 6.08 Å². The number of carbonyl (C=O) groups is 1. The third-order valence-corrected chi connectivity index (χ3v) is 6.02. The Kier molecular flexibility index (Phi) is 7.00. The van der Waals surface area contributed by atoms with Crippen LogP contribution in [0, 0.1) is 11.8 Å². The zero-order valence-electron chi connectivity index (χ0n) is 17.4. The van der Waals surface area contributed by atoms with Crippen molar-refractivity contribution in [1.29, 1.82) is 0 Å². The van der Waals surface area contributed by atoms with Crippen molar-refractivity contribution in [3.05, 3.63) is 53.8 Å². The topological polar surface area (TPSA) is 175 Å². The van der Waals surface area contributed by atoms with Gasteiger partial charge >= 0.3 is 5.97 Å². The van der Waals surface area contributed by atoms with Crippen LogP contribution in [0.5, 0.6) is 5.75 Å². The van der Waals surface area contributed by atoms with Crippen molar-refractivity contribution < 1.29 is 54.4 Å². The number of rotatable bonds is 6. The van der Waals surface area contributed by atoms with Crippen molar-refractivity contribution in [2.24, 2.45) is 11.8 Å². The number of aliphatic hydroxyl groups excluding tert-OH is 5. The van der Waals surface area contributed by atoms with Crippen LogP contribution in [-0.4, -0.2) is 92.9 Å². The van der Waals surface area contributed by atoms with E-state index in [9.17, 15) is 35.4 Å². The van der Waals surface area contributed by atoms with E-state index in [2.05, 4.69) is 0 Å². The Bertz CT molecular complexity index is 896. The van der Waals surface area contributed by atoms with Crippen LogP contribution < -0.4 is 0 Å². The predicted octanol–water partition coefficient (Wildman–Crippen LogP) is -1.23. The molecule has 180 valence electrons. The molecule has 0 spiro atoms. The quantitative estimate of drug-likeness (QED) is 0.219. The first-order valence-corrected chi connectivity index (χ1v) is 10.4. The highest BCUT2D eigenvalue weighted by Gasteiger charge is 2.49. The third kappa shape index (κ3) is 4.75. The summed E-state index contributed by atoms with van der Waals surface area (Å²) < 4.78 is 22.0. The molecule has 4 rings (SSSR count). The predicted molar refractivity (Wildman–Crippen MR) is 108 cm³/mol. The van der Waals surface area contributed by atoms with Crippen LogP contribution in [0.25, 0.3) is 0 Å². The van der Waals surface area contributed by atoms with Crippen molar-refractivity contribution >= 4 is 5.97 Å². The molecule has 7 unspecified atom stereocenters. The Balaban J connectivity index is 1.45. The van der Waals surface area contributed by atoms with Crippen LogP contribution in [0.2, 0.25) is 0 Å². The van der Waals surface area contributed by atoms with Gasteiger partial charge in [0.05, 0.1) is 30.5 Å². The Morgan fingerprint density at radius 3 is 2.42 bits per heavy atom. The smallest absolute Gasteiger partial charge is 0.338 e. The zero-order valence-corrected chi connectivity index (χ0v) is 17.4. The standard InChI is InChI=1S/C22H26O11/c23-8-15-17(26)18(27)19(28)22(32-15)33-21-16-11(7-14(25)13(16)5-6-30-21)9-31-20(29)10-1-3-12(24)4-2-10/h1-7,13-19,21-28H,8-9H2/t13-,14?,15?,16+,17?,18?,19?,21?,22?/m0/s1. The van der Waals surface area contributed by atoms with Gasteiger partial charge in [-0.2, -0.15) is 0 Å². The summed E-state index contributed by atoms with van der Waals surface area (Å²) in [7, 11) is 0. The first kappa shape index (κ1) is 23.6. The lowest BCUT2D eigenvalue weighted by atomic mass is 9.88. The lowest BCUT2D eigenvalue weighted by Gasteiger charge is -2.42. The first-order chi connectivity index (χ1) is 15.8. The lowest BCUT2D eigenvalue weighted by Crippen LogP contribution is -2.60. The molecule has 3 aliphatic rings. The van der Waals surface area contributed by atoms with E-state index in [0.717, 1.165) is 0 Å². The fourth-order valence-corrected chi connectivity index (χ4v) is 4.19. The molecule has 0 bridgehead atoms. The Morgan fingerprint density at radius 2 is 1.73 bits per heavy atom. The average Bonchev–Trinajstić information content (AvgIpc) is 3.14. The Morgan fingerprint density at radius 1 is 1.00 bits per heavy atom. The largest absolute Gasteiger partial charge is 0.508 e. The highest BCUT2D eigenvalue weighted by atomic mass is 16.8. The van der Waals surface area contributed by atoms with Crippen LogP contribution >= 0.6 is 0 Å². The summed E-state index contributed by atoms with van der Waals surface area (Å²) in [6.07, 6.45) is -4.86. The highest BCUT2D eigenvalue weighted by molar-refractivity contribution is 5.89. The van der Waals surface area contributed by atoms with Gasteiger partial charge in [0.1, 0.15) is 36.8 Å². The van der Waals surface area contributed by atoms with E-state index in [1.165, 1.54) is 36.6 Å². The second-order valence-electron chi connectivity index (χ2n) is 8.12. The molecule has 0 aromatic heterocycles. The maximum absolute atomic E-state index is 12.3. The highest BCUT2D eigenvalue weighted by Crippen LogP contribution is 2.41. The van der Waals surface area contributed by atoms with E-state index in [1.54, 1.807) is 6.08 Å². The minimum atomic E-state index is -1.62. The normalized spacial score (nSPS) is 37.7. The average molecular weight is 466 g/mol. The molecule has 11 nitrogen and oxygen atoms in total. The monoisotopic (exact) mass is 466 g/mol. The van der Waals surface area contributed by atoms with Gasteiger partial charge in [0, 0.05) is 5.92 Å². The second kappa shape index (κ2) is 9.77. The van der Waals surface area contributed by atoms with Crippen LogP contribution in [0.1, 0.15) is 10.4 Å². The van der Waals surface area contributed by atoms with Gasteiger partial charge < -0.3 is 49.6 Å². The fourth-order valence-electron chi connectivity index (χ4n) is 4.19. The molecule has 1 saturated heterocycles. The Labute approximate surface area is 188 Å². The van der Waals surface area contributed by atoms with Crippen LogP contribution in [-0.2, 0) is 18.9 Å². The van der Waals surface area contributed by atoms with E-state index < -0.39 is 67.5 Å². The number of carbonyl (C=O) groups excluding carboxylic acids is 1. The molecule has 1 fully saturated rings. The minimum Gasteiger partial charge on any atom is -0.508 e. The molecule has 0 radical (unpaired) electrons. The number of benzene rings is 1. The van der Waals surface area contributed by atoms with Crippen LogP contribution in [0.15, 0.2) is 48.3 Å². The van der Waals surface area contributed by atoms with Crippen molar-refractivity contribution in [3.8, 4) is 5.75 Å². The maximum Gasteiger partial charge on any atom is 0.338 e. The molecule has 33 heavy (non-hydrogen) atoms. The van der Waals surface area contributed by atoms with Gasteiger partial charge in [-0.15, -0.1) is 0 Å². The number of phenols is 1. The fraction of sp³-hybridized carbons (Fsp3) is 0.500. The molecule has 2 aliphatic heterocycles. The molecule has 6 N–H and O–H groups in total. The summed E-state index contributed by atoms with van der Waals surface area (Å²) in [5.74, 6) is -1.69. The molecule has 0 amide bonds. The van der Waals surface area contributed by atoms with Crippen molar-refractivity contribution in [1.82, 2.24) is 0 Å². The molecule has 1 aromatic carbocycles. The number of hydrogen-bond acceptors (Lipinski definition) is 11. The number of ether oxygens (including phenoxy) is 4. The van der Waals surface area contributed by atoms with E-state index >= 15 is 0 Å². The SMILES string of the molecule is O=C(OCC1=CC(O)[C@@H]2C=COC(OC3OC(CO)C(O)C(O)C3O)[C@H]12)c1ccc(O)cc1. The van der Waals surface area contributed by atoms with Gasteiger partial charge in [0.15, 0.2) is 6.29 Å². The third-order valence-electron chi connectivity index (χ3n) is 6.02. The molecular weight excluding hydrogens is 440 g/mol. The number of fused-ring (bicyclic) bond motifs is 1. The summed E-state index contributed by atoms with van der Waals surface area (Å²) in [5, 5.41) is 59.4. The summed E-state index contributed by atoms with van der Waals surface area (Å²) in [6, 6.07) is 5.54. The van der Waals surface area contributed by atoms with Gasteiger partial charge in [-0.25, -0.2) is 4.79 Å². The molecule has 1 aliphatic carbocycles. The number of phenolic OH excluding ortho intramolecular Hbond substituents is 1. The zero-order chi connectivity index (χ0) is 23.7. The molecule has 2 heterocycles. The molecule has 11 heteroatoms. The number of aliphatic hydroxyl groups is 5. The first-order valence-electron chi connectivity index (χ1n) is 10.4. The van der Waals surface area contributed by atoms with Crippen molar-refractivity contribution in [2.45, 2.75) is 43.1 Å². The summed E-state index contributed by atoms with van der Waals surface area (Å²) in [6.45, 7) is -0.789. The molecule has 1 aromatic rings. The molecule has 0 saturated carbocycles. The molecular formula is C22H26O11. The van der Waals surface area contributed by atoms with Crippen LogP contribution in [0.4, 0.5) is 0 Å². The summed E-state index contributed by atoms with van der Waals surface area (Å²) in [4.78, 5) is 12.3. The van der Waals surface area contributed by atoms with E-state index in [4.69, 9.17) is 18.9 Å². The van der Waals surface area contributed by atoms with Crippen LogP contribution in [0.3, 0.4) is 0 Å². The van der Waals surface area contributed by atoms with E-state index in [0.29, 0.717) is 5.57 Å². The maximum atomic E-state index is 12.3. The van der Waals surface area contributed by atoms with Crippen molar-refractivity contribution in [3.63, 3.8) is 0 Å². The van der Waals surface area contributed by atoms with Gasteiger partial charge in [-0.3, -0.25) is 0 Å². The number of hydrogen-bond donors (Lipinski definition) is 6. The summed E-state index contributed by atoms with van der Waals surface area (Å²) >= 11 is 0.